The van der Waals surface area contributed by atoms with E-state index in [0.717, 1.165) is 35.3 Å². The second-order valence-corrected chi connectivity index (χ2v) is 9.75. The van der Waals surface area contributed by atoms with E-state index in [1.165, 1.54) is 11.1 Å². The quantitative estimate of drug-likeness (QED) is 0.440. The molecule has 1 aliphatic heterocycles. The van der Waals surface area contributed by atoms with Gasteiger partial charge in [0, 0.05) is 31.5 Å². The third kappa shape index (κ3) is 6.10. The van der Waals surface area contributed by atoms with Gasteiger partial charge in [0.2, 0.25) is 0 Å². The molecular formula is C30H33NO4. The van der Waals surface area contributed by atoms with Gasteiger partial charge in [-0.25, -0.2) is 0 Å². The molecule has 5 nitrogen and oxygen atoms in total. The average Bonchev–Trinajstić information content (AvgIpc) is 3.17. The zero-order chi connectivity index (χ0) is 25.0. The summed E-state index contributed by atoms with van der Waals surface area (Å²) in [6, 6.07) is 22.2. The summed E-state index contributed by atoms with van der Waals surface area (Å²) in [4.78, 5) is 26.3. The fourth-order valence-electron chi connectivity index (χ4n) is 4.66. The van der Waals surface area contributed by atoms with Gasteiger partial charge in [0.05, 0.1) is 6.42 Å². The first-order chi connectivity index (χ1) is 16.7. The summed E-state index contributed by atoms with van der Waals surface area (Å²) in [5, 5.41) is 9.20. The first-order valence-electron chi connectivity index (χ1n) is 12.2. The Morgan fingerprint density at radius 1 is 0.971 bits per heavy atom. The molecule has 0 bridgehead atoms. The highest BCUT2D eigenvalue weighted by molar-refractivity contribution is 5.95. The minimum atomic E-state index is -0.920. The molecule has 1 atom stereocenters. The number of ether oxygens (including phenoxy) is 1. The summed E-state index contributed by atoms with van der Waals surface area (Å²) < 4.78 is 6.33. The van der Waals surface area contributed by atoms with Crippen LogP contribution in [0.4, 0.5) is 0 Å². The maximum absolute atomic E-state index is 13.4. The van der Waals surface area contributed by atoms with Crippen LogP contribution in [0.25, 0.3) is 0 Å². The standard InChI is InChI=1S/C30H33NO4/c1-4-22-9-11-23(12-10-22)18-30(3)19-26-17-25(13-14-27(26)35-30)29(34)31(16-15-28(32)33)20-24-7-5-21(2)6-8-24/h5-14,17H,4,15-16,18-20H2,1-3H3,(H,32,33). The third-order valence-electron chi connectivity index (χ3n) is 6.61. The smallest absolute Gasteiger partial charge is 0.305 e. The number of aryl methyl sites for hydroxylation is 2. The molecule has 0 spiro atoms. The van der Waals surface area contributed by atoms with Crippen LogP contribution in [0.3, 0.4) is 0 Å². The van der Waals surface area contributed by atoms with E-state index in [1.807, 2.05) is 43.3 Å². The van der Waals surface area contributed by atoms with Crippen molar-refractivity contribution in [1.82, 2.24) is 4.90 Å². The largest absolute Gasteiger partial charge is 0.487 e. The Balaban J connectivity index is 1.50. The van der Waals surface area contributed by atoms with Crippen molar-refractivity contribution < 1.29 is 19.4 Å². The topological polar surface area (TPSA) is 66.8 Å². The van der Waals surface area contributed by atoms with Gasteiger partial charge in [0.15, 0.2) is 0 Å². The molecule has 1 amide bonds. The van der Waals surface area contributed by atoms with Crippen LogP contribution in [0.1, 0.15) is 58.4 Å². The summed E-state index contributed by atoms with van der Waals surface area (Å²) in [5.41, 5.74) is 5.85. The molecule has 1 N–H and O–H groups in total. The SMILES string of the molecule is CCc1ccc(CC2(C)Cc3cc(C(=O)N(CCC(=O)O)Cc4ccc(C)cc4)ccc3O2)cc1. The van der Waals surface area contributed by atoms with Gasteiger partial charge in [0.25, 0.3) is 5.91 Å². The Bertz CT molecular complexity index is 1200. The van der Waals surface area contributed by atoms with Crippen LogP contribution in [-0.4, -0.2) is 34.0 Å². The van der Waals surface area contributed by atoms with Crippen LogP contribution in [-0.2, 0) is 30.6 Å². The number of carboxylic acids is 1. The lowest BCUT2D eigenvalue weighted by molar-refractivity contribution is -0.137. The van der Waals surface area contributed by atoms with Crippen molar-refractivity contribution in [2.75, 3.05) is 6.54 Å². The van der Waals surface area contributed by atoms with Gasteiger partial charge < -0.3 is 14.7 Å². The van der Waals surface area contributed by atoms with Crippen LogP contribution >= 0.6 is 0 Å². The highest BCUT2D eigenvalue weighted by Crippen LogP contribution is 2.37. The van der Waals surface area contributed by atoms with E-state index in [9.17, 15) is 14.7 Å². The zero-order valence-corrected chi connectivity index (χ0v) is 20.7. The number of hydrogen-bond acceptors (Lipinski definition) is 3. The lowest BCUT2D eigenvalue weighted by Crippen LogP contribution is -2.33. The number of fused-ring (bicyclic) bond motifs is 1. The van der Waals surface area contributed by atoms with Crippen LogP contribution in [0, 0.1) is 6.92 Å². The first-order valence-corrected chi connectivity index (χ1v) is 12.2. The average molecular weight is 472 g/mol. The summed E-state index contributed by atoms with van der Waals surface area (Å²) in [6.45, 7) is 6.79. The van der Waals surface area contributed by atoms with Crippen molar-refractivity contribution in [2.45, 2.75) is 58.6 Å². The molecule has 5 heteroatoms. The number of carbonyl (C=O) groups excluding carboxylic acids is 1. The van der Waals surface area contributed by atoms with E-state index < -0.39 is 5.97 Å². The van der Waals surface area contributed by atoms with Gasteiger partial charge in [-0.3, -0.25) is 9.59 Å². The predicted octanol–water partition coefficient (Wildman–Crippen LogP) is 5.61. The molecule has 1 unspecified atom stereocenters. The molecule has 35 heavy (non-hydrogen) atoms. The van der Waals surface area contributed by atoms with Crippen molar-refractivity contribution in [3.05, 3.63) is 100 Å². The molecule has 3 aromatic carbocycles. The van der Waals surface area contributed by atoms with E-state index in [2.05, 4.69) is 38.1 Å². The number of nitrogens with zero attached hydrogens (tertiary/aromatic N) is 1. The third-order valence-corrected chi connectivity index (χ3v) is 6.61. The summed E-state index contributed by atoms with van der Waals surface area (Å²) in [7, 11) is 0. The summed E-state index contributed by atoms with van der Waals surface area (Å²) >= 11 is 0. The van der Waals surface area contributed by atoms with E-state index >= 15 is 0 Å². The molecule has 0 aliphatic carbocycles. The van der Waals surface area contributed by atoms with Crippen LogP contribution in [0.5, 0.6) is 5.75 Å². The minimum absolute atomic E-state index is 0.0967. The molecule has 0 aromatic heterocycles. The number of benzene rings is 3. The predicted molar refractivity (Wildman–Crippen MR) is 137 cm³/mol. The summed E-state index contributed by atoms with van der Waals surface area (Å²) in [5.74, 6) is -0.278. The number of rotatable bonds is 9. The van der Waals surface area contributed by atoms with Gasteiger partial charge in [-0.2, -0.15) is 0 Å². The number of carboxylic acid groups (broad SMARTS) is 1. The summed E-state index contributed by atoms with van der Waals surface area (Å²) in [6.07, 6.45) is 2.42. The molecule has 0 fully saturated rings. The van der Waals surface area contributed by atoms with Crippen molar-refractivity contribution in [1.29, 1.82) is 0 Å². The Morgan fingerprint density at radius 2 is 1.63 bits per heavy atom. The van der Waals surface area contributed by atoms with Crippen LogP contribution in [0.2, 0.25) is 0 Å². The molecular weight excluding hydrogens is 438 g/mol. The Labute approximate surface area is 207 Å². The Hall–Kier alpha value is -3.60. The molecule has 0 radical (unpaired) electrons. The Morgan fingerprint density at radius 3 is 2.29 bits per heavy atom. The second-order valence-electron chi connectivity index (χ2n) is 9.75. The molecule has 182 valence electrons. The first kappa shape index (κ1) is 24.5. The second kappa shape index (κ2) is 10.3. The molecule has 4 rings (SSSR count). The Kier molecular flexibility index (Phi) is 7.25. The van der Waals surface area contributed by atoms with Gasteiger partial charge in [-0.05, 0) is 60.7 Å². The number of hydrogen-bond donors (Lipinski definition) is 1. The van der Waals surface area contributed by atoms with Gasteiger partial charge in [-0.1, -0.05) is 61.0 Å². The number of carbonyl (C=O) groups is 2. The molecule has 1 aliphatic rings. The van der Waals surface area contributed by atoms with Crippen molar-refractivity contribution in [3.63, 3.8) is 0 Å². The lowest BCUT2D eigenvalue weighted by Gasteiger charge is -2.24. The molecule has 3 aromatic rings. The zero-order valence-electron chi connectivity index (χ0n) is 20.7. The van der Waals surface area contributed by atoms with E-state index in [4.69, 9.17) is 4.74 Å². The molecule has 0 saturated heterocycles. The van der Waals surface area contributed by atoms with Gasteiger partial charge in [0.1, 0.15) is 11.4 Å². The van der Waals surface area contributed by atoms with Gasteiger partial charge in [-0.15, -0.1) is 0 Å². The van der Waals surface area contributed by atoms with Crippen LogP contribution in [0.15, 0.2) is 66.7 Å². The lowest BCUT2D eigenvalue weighted by atomic mass is 9.91. The van der Waals surface area contributed by atoms with Gasteiger partial charge >= 0.3 is 5.97 Å². The van der Waals surface area contributed by atoms with Crippen LogP contribution < -0.4 is 4.74 Å². The van der Waals surface area contributed by atoms with Crippen molar-refractivity contribution >= 4 is 11.9 Å². The number of aliphatic carboxylic acids is 1. The van der Waals surface area contributed by atoms with E-state index in [0.29, 0.717) is 18.5 Å². The maximum Gasteiger partial charge on any atom is 0.305 e. The van der Waals surface area contributed by atoms with Crippen molar-refractivity contribution in [2.24, 2.45) is 0 Å². The highest BCUT2D eigenvalue weighted by Gasteiger charge is 2.35. The van der Waals surface area contributed by atoms with E-state index in [1.54, 1.807) is 11.0 Å². The fourth-order valence-corrected chi connectivity index (χ4v) is 4.66. The minimum Gasteiger partial charge on any atom is -0.487 e. The number of amides is 1. The maximum atomic E-state index is 13.4. The normalized spacial score (nSPS) is 16.4. The fraction of sp³-hybridized carbons (Fsp3) is 0.333. The van der Waals surface area contributed by atoms with Crippen molar-refractivity contribution in [3.8, 4) is 5.75 Å². The van der Waals surface area contributed by atoms with E-state index in [-0.39, 0.29) is 24.5 Å². The monoisotopic (exact) mass is 471 g/mol. The highest BCUT2D eigenvalue weighted by atomic mass is 16.5. The molecule has 0 saturated carbocycles. The molecule has 1 heterocycles.